The van der Waals surface area contributed by atoms with E-state index in [-0.39, 0.29) is 5.41 Å². The Balaban J connectivity index is 1.51. The van der Waals surface area contributed by atoms with Crippen LogP contribution in [0.25, 0.3) is 0 Å². The Bertz CT molecular complexity index is 532. The molecule has 0 radical (unpaired) electrons. The number of carbonyl (C=O) groups is 1. The van der Waals surface area contributed by atoms with Crippen LogP contribution in [0, 0.1) is 12.3 Å². The van der Waals surface area contributed by atoms with Gasteiger partial charge in [-0.05, 0) is 44.7 Å². The van der Waals surface area contributed by atoms with E-state index in [2.05, 4.69) is 22.4 Å². The molecular weight excluding hydrogens is 292 g/mol. The lowest BCUT2D eigenvalue weighted by atomic mass is 9.80. The first-order valence-corrected chi connectivity index (χ1v) is 8.51. The van der Waals surface area contributed by atoms with Crippen molar-refractivity contribution in [2.24, 2.45) is 5.41 Å². The van der Waals surface area contributed by atoms with Gasteiger partial charge >= 0.3 is 0 Å². The summed E-state index contributed by atoms with van der Waals surface area (Å²) in [5.41, 5.74) is 0.682. The van der Waals surface area contributed by atoms with Crippen LogP contribution in [0.2, 0.25) is 0 Å². The predicted molar refractivity (Wildman–Crippen MR) is 88.2 cm³/mol. The van der Waals surface area contributed by atoms with E-state index in [1.807, 2.05) is 24.0 Å². The van der Waals surface area contributed by atoms with Gasteiger partial charge in [0.25, 0.3) is 0 Å². The molecule has 0 saturated carbocycles. The Kier molecular flexibility index (Phi) is 4.80. The number of nitrogens with one attached hydrogen (secondary N) is 1. The molecule has 2 aliphatic rings. The van der Waals surface area contributed by atoms with Crippen LogP contribution < -0.4 is 5.32 Å². The highest BCUT2D eigenvalue weighted by atomic mass is 16.5. The molecule has 3 rings (SSSR count). The van der Waals surface area contributed by atoms with E-state index in [9.17, 15) is 4.79 Å². The number of rotatable bonds is 3. The van der Waals surface area contributed by atoms with E-state index in [0.29, 0.717) is 25.2 Å². The van der Waals surface area contributed by atoms with Crippen LogP contribution in [0.15, 0.2) is 12.1 Å². The predicted octanol–water partition coefficient (Wildman–Crippen LogP) is 2.00. The fourth-order valence-electron chi connectivity index (χ4n) is 3.33. The summed E-state index contributed by atoms with van der Waals surface area (Å²) in [5.74, 6) is 1.12. The molecule has 0 aliphatic carbocycles. The number of aryl methyl sites for hydroxylation is 1. The molecule has 23 heavy (non-hydrogen) atoms. The van der Waals surface area contributed by atoms with Crippen LogP contribution in [-0.2, 0) is 9.53 Å². The standard InChI is InChI=1S/C17H26N4O2/c1-13-3-4-15(20-19-13)18-14-5-9-21(10-6-14)16(22)17(2)7-11-23-12-8-17/h3-4,14H,5-12H2,1-2H3,(H,18,20). The van der Waals surface area contributed by atoms with Gasteiger partial charge in [-0.1, -0.05) is 6.92 Å². The number of carbonyl (C=O) groups excluding carboxylic acids is 1. The molecule has 1 aromatic heterocycles. The average Bonchev–Trinajstić information content (AvgIpc) is 2.58. The number of anilines is 1. The summed E-state index contributed by atoms with van der Waals surface area (Å²) in [6.45, 7) is 7.04. The van der Waals surface area contributed by atoms with Gasteiger partial charge < -0.3 is 15.0 Å². The summed E-state index contributed by atoms with van der Waals surface area (Å²) in [5, 5.41) is 11.6. The van der Waals surface area contributed by atoms with Crippen LogP contribution in [0.3, 0.4) is 0 Å². The first-order valence-electron chi connectivity index (χ1n) is 8.51. The molecule has 2 aliphatic heterocycles. The zero-order valence-electron chi connectivity index (χ0n) is 14.0. The number of hydrogen-bond acceptors (Lipinski definition) is 5. The topological polar surface area (TPSA) is 67.4 Å². The second kappa shape index (κ2) is 6.83. The van der Waals surface area contributed by atoms with Crippen molar-refractivity contribution < 1.29 is 9.53 Å². The van der Waals surface area contributed by atoms with Crippen molar-refractivity contribution >= 4 is 11.7 Å². The van der Waals surface area contributed by atoms with Crippen molar-refractivity contribution in [2.75, 3.05) is 31.6 Å². The highest BCUT2D eigenvalue weighted by molar-refractivity contribution is 5.82. The third-order valence-corrected chi connectivity index (χ3v) is 5.04. The van der Waals surface area contributed by atoms with Gasteiger partial charge in [0, 0.05) is 32.3 Å². The molecule has 1 aromatic rings. The normalized spacial score (nSPS) is 21.9. The van der Waals surface area contributed by atoms with Crippen molar-refractivity contribution in [3.8, 4) is 0 Å². The summed E-state index contributed by atoms with van der Waals surface area (Å²) in [4.78, 5) is 14.8. The maximum atomic E-state index is 12.8. The Hall–Kier alpha value is -1.69. The Morgan fingerprint density at radius 1 is 1.26 bits per heavy atom. The minimum absolute atomic E-state index is 0.235. The van der Waals surface area contributed by atoms with Gasteiger partial charge in [0.05, 0.1) is 11.1 Å². The first-order chi connectivity index (χ1) is 11.1. The van der Waals surface area contributed by atoms with E-state index in [0.717, 1.165) is 50.3 Å². The number of aromatic nitrogens is 2. The molecule has 126 valence electrons. The van der Waals surface area contributed by atoms with Gasteiger partial charge in [0.2, 0.25) is 5.91 Å². The van der Waals surface area contributed by atoms with Crippen LogP contribution in [0.4, 0.5) is 5.82 Å². The molecule has 6 heteroatoms. The number of amides is 1. The van der Waals surface area contributed by atoms with Gasteiger partial charge in [-0.2, -0.15) is 5.10 Å². The quantitative estimate of drug-likeness (QED) is 0.923. The van der Waals surface area contributed by atoms with Gasteiger partial charge in [-0.15, -0.1) is 5.10 Å². The second-order valence-corrected chi connectivity index (χ2v) is 6.94. The maximum absolute atomic E-state index is 12.8. The van der Waals surface area contributed by atoms with E-state index >= 15 is 0 Å². The smallest absolute Gasteiger partial charge is 0.228 e. The molecule has 6 nitrogen and oxygen atoms in total. The Morgan fingerprint density at radius 3 is 2.57 bits per heavy atom. The van der Waals surface area contributed by atoms with Gasteiger partial charge in [-0.25, -0.2) is 0 Å². The molecule has 1 amide bonds. The SMILES string of the molecule is Cc1ccc(NC2CCN(C(=O)C3(C)CCOCC3)CC2)nn1. The van der Waals surface area contributed by atoms with Crippen molar-refractivity contribution in [3.05, 3.63) is 17.8 Å². The molecular formula is C17H26N4O2. The first kappa shape index (κ1) is 16.2. The molecule has 2 saturated heterocycles. The van der Waals surface area contributed by atoms with Crippen molar-refractivity contribution in [3.63, 3.8) is 0 Å². The molecule has 0 unspecified atom stereocenters. The highest BCUT2D eigenvalue weighted by Gasteiger charge is 2.39. The average molecular weight is 318 g/mol. The number of piperidine rings is 1. The minimum atomic E-state index is -0.235. The number of ether oxygens (including phenoxy) is 1. The lowest BCUT2D eigenvalue weighted by Crippen LogP contribution is -2.49. The van der Waals surface area contributed by atoms with E-state index in [1.165, 1.54) is 0 Å². The van der Waals surface area contributed by atoms with Gasteiger partial charge in [0.15, 0.2) is 0 Å². The van der Waals surface area contributed by atoms with Gasteiger partial charge in [-0.3, -0.25) is 4.79 Å². The fourth-order valence-corrected chi connectivity index (χ4v) is 3.33. The van der Waals surface area contributed by atoms with Crippen molar-refractivity contribution in [2.45, 2.75) is 45.6 Å². The van der Waals surface area contributed by atoms with E-state index in [1.54, 1.807) is 0 Å². The zero-order valence-corrected chi connectivity index (χ0v) is 14.0. The third kappa shape index (κ3) is 3.80. The Labute approximate surface area is 137 Å². The van der Waals surface area contributed by atoms with E-state index in [4.69, 9.17) is 4.74 Å². The molecule has 0 spiro atoms. The number of nitrogens with zero attached hydrogens (tertiary/aromatic N) is 3. The third-order valence-electron chi connectivity index (χ3n) is 5.04. The summed E-state index contributed by atoms with van der Waals surface area (Å²) < 4.78 is 5.40. The summed E-state index contributed by atoms with van der Waals surface area (Å²) in [7, 11) is 0. The van der Waals surface area contributed by atoms with Crippen LogP contribution in [0.1, 0.15) is 38.3 Å². The molecule has 0 aromatic carbocycles. The van der Waals surface area contributed by atoms with Crippen LogP contribution >= 0.6 is 0 Å². The molecule has 0 atom stereocenters. The number of hydrogen-bond donors (Lipinski definition) is 1. The zero-order chi connectivity index (χ0) is 16.3. The van der Waals surface area contributed by atoms with Crippen LogP contribution in [0.5, 0.6) is 0 Å². The Morgan fingerprint density at radius 2 is 1.96 bits per heavy atom. The van der Waals surface area contributed by atoms with Crippen LogP contribution in [-0.4, -0.2) is 53.3 Å². The highest BCUT2D eigenvalue weighted by Crippen LogP contribution is 2.33. The monoisotopic (exact) mass is 318 g/mol. The summed E-state index contributed by atoms with van der Waals surface area (Å²) in [6.07, 6.45) is 3.58. The summed E-state index contributed by atoms with van der Waals surface area (Å²) >= 11 is 0. The van der Waals surface area contributed by atoms with Gasteiger partial charge in [0.1, 0.15) is 5.82 Å². The fraction of sp³-hybridized carbons (Fsp3) is 0.706. The second-order valence-electron chi connectivity index (χ2n) is 6.94. The largest absolute Gasteiger partial charge is 0.381 e. The number of likely N-dealkylation sites (tertiary alicyclic amines) is 1. The lowest BCUT2D eigenvalue weighted by Gasteiger charge is -2.40. The molecule has 2 fully saturated rings. The molecule has 0 bridgehead atoms. The molecule has 1 N–H and O–H groups in total. The van der Waals surface area contributed by atoms with E-state index < -0.39 is 0 Å². The van der Waals surface area contributed by atoms with Crippen molar-refractivity contribution in [1.29, 1.82) is 0 Å². The summed E-state index contributed by atoms with van der Waals surface area (Å²) in [6, 6.07) is 4.28. The minimum Gasteiger partial charge on any atom is -0.381 e. The lowest BCUT2D eigenvalue weighted by molar-refractivity contribution is -0.147. The molecule has 3 heterocycles. The maximum Gasteiger partial charge on any atom is 0.228 e. The van der Waals surface area contributed by atoms with Crippen molar-refractivity contribution in [1.82, 2.24) is 15.1 Å².